The third-order valence-electron chi connectivity index (χ3n) is 7.81. The summed E-state index contributed by atoms with van der Waals surface area (Å²) in [5, 5.41) is 9.95. The summed E-state index contributed by atoms with van der Waals surface area (Å²) in [7, 11) is 0. The summed E-state index contributed by atoms with van der Waals surface area (Å²) in [6, 6.07) is 16.5. The van der Waals surface area contributed by atoms with Gasteiger partial charge in [0.05, 0.1) is 18.9 Å². The van der Waals surface area contributed by atoms with E-state index in [1.165, 1.54) is 0 Å². The summed E-state index contributed by atoms with van der Waals surface area (Å²) in [6.45, 7) is 2.28. The molecule has 4 heterocycles. The first-order valence-corrected chi connectivity index (χ1v) is 14.4. The molecule has 0 saturated carbocycles. The highest BCUT2D eigenvalue weighted by Crippen LogP contribution is 2.37. The zero-order valence-electron chi connectivity index (χ0n) is 24.1. The fourth-order valence-electron chi connectivity index (χ4n) is 5.66. The van der Waals surface area contributed by atoms with Crippen molar-refractivity contribution in [1.29, 1.82) is 0 Å². The van der Waals surface area contributed by atoms with Crippen LogP contribution >= 0.6 is 0 Å². The lowest BCUT2D eigenvalue weighted by atomic mass is 9.88. The standard InChI is InChI=1S/C31H32N4O6.CH2O2/c36-29(14-21-4-2-9-32-17-21)34-11-3-10-33-30(37)26-19-35(31(38)23-7-8-27-28(16-23)41-20-40-27)18-25(26)22-5-1-6-24(15-22)39-13-12-34;2-1-3/h1-2,4-9,15-17,25-26H,3,10-14,18-20H2,(H,33,37);1H,(H,2,3)/t25-,26+;/m1./s1. The van der Waals surface area contributed by atoms with Crippen LogP contribution in [0.25, 0.3) is 0 Å². The smallest absolute Gasteiger partial charge is 0.290 e. The molecule has 0 spiro atoms. The molecule has 230 valence electrons. The minimum absolute atomic E-state index is 0.0118. The van der Waals surface area contributed by atoms with Crippen molar-refractivity contribution in [2.24, 2.45) is 5.92 Å². The van der Waals surface area contributed by atoms with Crippen molar-refractivity contribution in [3.05, 3.63) is 83.7 Å². The lowest BCUT2D eigenvalue weighted by molar-refractivity contribution is -0.131. The van der Waals surface area contributed by atoms with Gasteiger partial charge in [-0.25, -0.2) is 0 Å². The molecule has 0 unspecified atom stereocenters. The van der Waals surface area contributed by atoms with Crippen LogP contribution in [0.2, 0.25) is 0 Å². The largest absolute Gasteiger partial charge is 0.492 e. The van der Waals surface area contributed by atoms with Crippen LogP contribution < -0.4 is 19.5 Å². The molecule has 1 saturated heterocycles. The minimum Gasteiger partial charge on any atom is -0.492 e. The number of nitrogens with zero attached hydrogens (tertiary/aromatic N) is 3. The van der Waals surface area contributed by atoms with Crippen LogP contribution in [0.4, 0.5) is 0 Å². The number of hydrogen-bond acceptors (Lipinski definition) is 8. The van der Waals surface area contributed by atoms with Crippen LogP contribution in [0.1, 0.15) is 33.8 Å². The number of carbonyl (C=O) groups is 4. The number of likely N-dealkylation sites (tertiary alicyclic amines) is 1. The van der Waals surface area contributed by atoms with Crippen molar-refractivity contribution in [2.75, 3.05) is 46.1 Å². The second-order valence-electron chi connectivity index (χ2n) is 10.6. The molecule has 44 heavy (non-hydrogen) atoms. The highest BCUT2D eigenvalue weighted by molar-refractivity contribution is 5.96. The maximum absolute atomic E-state index is 13.5. The quantitative estimate of drug-likeness (QED) is 0.431. The molecule has 0 radical (unpaired) electrons. The predicted molar refractivity (Wildman–Crippen MR) is 157 cm³/mol. The van der Waals surface area contributed by atoms with Gasteiger partial charge in [0.1, 0.15) is 12.4 Å². The molecule has 0 aliphatic carbocycles. The predicted octanol–water partition coefficient (Wildman–Crippen LogP) is 2.34. The van der Waals surface area contributed by atoms with Gasteiger partial charge >= 0.3 is 0 Å². The van der Waals surface area contributed by atoms with Crippen LogP contribution in [0.15, 0.2) is 67.0 Å². The summed E-state index contributed by atoms with van der Waals surface area (Å²) < 4.78 is 16.9. The molecule has 2 atom stereocenters. The normalized spacial score (nSPS) is 19.3. The van der Waals surface area contributed by atoms with Gasteiger partial charge in [0.2, 0.25) is 18.6 Å². The Hall–Kier alpha value is -5.13. The fourth-order valence-corrected chi connectivity index (χ4v) is 5.66. The van der Waals surface area contributed by atoms with Gasteiger partial charge in [-0.15, -0.1) is 0 Å². The molecular formula is C32H34N4O8. The Kier molecular flexibility index (Phi) is 9.90. The Labute approximate surface area is 254 Å². The van der Waals surface area contributed by atoms with Gasteiger partial charge in [0, 0.05) is 50.1 Å². The van der Waals surface area contributed by atoms with Gasteiger partial charge < -0.3 is 34.4 Å². The summed E-state index contributed by atoms with van der Waals surface area (Å²) in [5.41, 5.74) is 2.28. The number of nitrogens with one attached hydrogen (secondary N) is 1. The highest BCUT2D eigenvalue weighted by Gasteiger charge is 2.41. The lowest BCUT2D eigenvalue weighted by Crippen LogP contribution is -2.40. The number of rotatable bonds is 3. The van der Waals surface area contributed by atoms with E-state index in [0.717, 1.165) is 11.1 Å². The van der Waals surface area contributed by atoms with Crippen molar-refractivity contribution in [3.8, 4) is 17.2 Å². The van der Waals surface area contributed by atoms with Gasteiger partial charge in [0.15, 0.2) is 11.5 Å². The minimum atomic E-state index is -0.422. The molecule has 2 bridgehead atoms. The molecule has 3 aliphatic rings. The molecule has 3 amide bonds. The summed E-state index contributed by atoms with van der Waals surface area (Å²) in [4.78, 5) is 56.0. The van der Waals surface area contributed by atoms with E-state index in [1.54, 1.807) is 40.4 Å². The van der Waals surface area contributed by atoms with Gasteiger partial charge in [0.25, 0.3) is 12.4 Å². The molecule has 3 aliphatic heterocycles. The van der Waals surface area contributed by atoms with Crippen molar-refractivity contribution in [1.82, 2.24) is 20.1 Å². The van der Waals surface area contributed by atoms with Crippen molar-refractivity contribution in [3.63, 3.8) is 0 Å². The molecule has 2 aromatic carbocycles. The van der Waals surface area contributed by atoms with Crippen LogP contribution in [-0.4, -0.2) is 90.2 Å². The van der Waals surface area contributed by atoms with E-state index < -0.39 is 5.92 Å². The average Bonchev–Trinajstić information content (AvgIpc) is 3.70. The topological polar surface area (TPSA) is 148 Å². The fraction of sp³-hybridized carbons (Fsp3) is 0.344. The zero-order valence-corrected chi connectivity index (χ0v) is 24.1. The van der Waals surface area contributed by atoms with E-state index in [0.29, 0.717) is 68.6 Å². The first kappa shape index (κ1) is 30.3. The molecule has 6 rings (SSSR count). The van der Waals surface area contributed by atoms with Crippen LogP contribution in [-0.2, 0) is 20.8 Å². The summed E-state index contributed by atoms with van der Waals surface area (Å²) >= 11 is 0. The van der Waals surface area contributed by atoms with E-state index >= 15 is 0 Å². The molecule has 1 aromatic heterocycles. The first-order valence-electron chi connectivity index (χ1n) is 14.4. The van der Waals surface area contributed by atoms with E-state index in [2.05, 4.69) is 10.3 Å². The maximum atomic E-state index is 13.5. The SMILES string of the molecule is O=C1NCCCN(C(=O)Cc2cccnc2)CCOc2cccc(c2)[C@H]2CN(C(=O)c3ccc4c(c3)OCO4)C[C@H]12.O=CO. The number of ether oxygens (including phenoxy) is 3. The maximum Gasteiger partial charge on any atom is 0.290 e. The third kappa shape index (κ3) is 7.25. The number of aromatic nitrogens is 1. The number of pyridine rings is 1. The van der Waals surface area contributed by atoms with Crippen LogP contribution in [0.3, 0.4) is 0 Å². The third-order valence-corrected chi connectivity index (χ3v) is 7.81. The van der Waals surface area contributed by atoms with Gasteiger partial charge in [-0.2, -0.15) is 0 Å². The number of carboxylic acid groups (broad SMARTS) is 1. The molecule has 3 aromatic rings. The van der Waals surface area contributed by atoms with Gasteiger partial charge in [-0.05, 0) is 53.9 Å². The molecule has 2 N–H and O–H groups in total. The summed E-state index contributed by atoms with van der Waals surface area (Å²) in [6.07, 6.45) is 4.24. The number of carbonyl (C=O) groups excluding carboxylic acids is 3. The number of benzene rings is 2. The van der Waals surface area contributed by atoms with Crippen molar-refractivity contribution >= 4 is 24.2 Å². The van der Waals surface area contributed by atoms with E-state index in [9.17, 15) is 14.4 Å². The molecule has 12 nitrogen and oxygen atoms in total. The highest BCUT2D eigenvalue weighted by atomic mass is 16.7. The van der Waals surface area contributed by atoms with Crippen LogP contribution in [0.5, 0.6) is 17.2 Å². The van der Waals surface area contributed by atoms with E-state index in [4.69, 9.17) is 24.1 Å². The molecule has 12 heteroatoms. The Morgan fingerprint density at radius 2 is 1.80 bits per heavy atom. The zero-order chi connectivity index (χ0) is 30.9. The molecular weight excluding hydrogens is 568 g/mol. The number of amides is 3. The first-order chi connectivity index (χ1) is 21.5. The van der Waals surface area contributed by atoms with Crippen molar-refractivity contribution < 1.29 is 38.5 Å². The van der Waals surface area contributed by atoms with E-state index in [1.807, 2.05) is 36.4 Å². The summed E-state index contributed by atoms with van der Waals surface area (Å²) in [5.74, 6) is 0.950. The van der Waals surface area contributed by atoms with E-state index in [-0.39, 0.29) is 43.3 Å². The van der Waals surface area contributed by atoms with Gasteiger partial charge in [-0.1, -0.05) is 18.2 Å². The monoisotopic (exact) mass is 602 g/mol. The van der Waals surface area contributed by atoms with Crippen molar-refractivity contribution in [2.45, 2.75) is 18.8 Å². The average molecular weight is 603 g/mol. The number of hydrogen-bond donors (Lipinski definition) is 2. The molecule has 1 fully saturated rings. The Morgan fingerprint density at radius 1 is 0.977 bits per heavy atom. The Balaban J connectivity index is 0.00000123. The van der Waals surface area contributed by atoms with Crippen LogP contribution in [0, 0.1) is 5.92 Å². The second-order valence-corrected chi connectivity index (χ2v) is 10.6. The Morgan fingerprint density at radius 3 is 2.61 bits per heavy atom. The second kappa shape index (κ2) is 14.4. The number of fused-ring (bicyclic) bond motifs is 5. The lowest BCUT2D eigenvalue weighted by Gasteiger charge is -2.24. The Bertz CT molecular complexity index is 1480. The van der Waals surface area contributed by atoms with Gasteiger partial charge in [-0.3, -0.25) is 24.2 Å².